The van der Waals surface area contributed by atoms with Gasteiger partial charge in [-0.15, -0.1) is 11.3 Å². The predicted molar refractivity (Wildman–Crippen MR) is 88.7 cm³/mol. The van der Waals surface area contributed by atoms with Crippen LogP contribution in [0, 0.1) is 0 Å². The Hall–Kier alpha value is -1.97. The van der Waals surface area contributed by atoms with Crippen LogP contribution in [0.25, 0.3) is 0 Å². The highest BCUT2D eigenvalue weighted by Crippen LogP contribution is 2.17. The molecule has 9 heteroatoms. The molecule has 1 aromatic carbocycles. The van der Waals surface area contributed by atoms with Gasteiger partial charge in [-0.05, 0) is 5.56 Å². The van der Waals surface area contributed by atoms with Crippen molar-refractivity contribution >= 4 is 32.4 Å². The smallest absolute Gasteiger partial charge is 0.231 e. The molecule has 3 N–H and O–H groups in total. The van der Waals surface area contributed by atoms with Crippen molar-refractivity contribution in [2.75, 3.05) is 17.5 Å². The standard InChI is InChI=1S/C14H17N3O4S2/c1-23(20,21)17-14-16-11(9-22-14)7-13(19)15-8-12(18)10-5-3-2-4-6-10/h2-6,9,12,18H,7-8H2,1H3,(H,15,19)(H,16,17). The maximum absolute atomic E-state index is 11.8. The van der Waals surface area contributed by atoms with Crippen molar-refractivity contribution < 1.29 is 18.3 Å². The van der Waals surface area contributed by atoms with E-state index in [9.17, 15) is 18.3 Å². The number of nitrogens with one attached hydrogen (secondary N) is 2. The number of nitrogens with zero attached hydrogens (tertiary/aromatic N) is 1. The second-order valence-corrected chi connectivity index (χ2v) is 7.53. The van der Waals surface area contributed by atoms with E-state index in [1.54, 1.807) is 17.5 Å². The van der Waals surface area contributed by atoms with Crippen LogP contribution in [0.15, 0.2) is 35.7 Å². The maximum Gasteiger partial charge on any atom is 0.231 e. The molecule has 0 saturated heterocycles. The Balaban J connectivity index is 1.83. The molecule has 1 atom stereocenters. The van der Waals surface area contributed by atoms with Crippen molar-refractivity contribution in [3.8, 4) is 0 Å². The summed E-state index contributed by atoms with van der Waals surface area (Å²) < 4.78 is 24.4. The van der Waals surface area contributed by atoms with E-state index in [-0.39, 0.29) is 24.0 Å². The van der Waals surface area contributed by atoms with E-state index in [0.717, 1.165) is 23.2 Å². The summed E-state index contributed by atoms with van der Waals surface area (Å²) in [5.41, 5.74) is 1.19. The molecular formula is C14H17N3O4S2. The van der Waals surface area contributed by atoms with Gasteiger partial charge in [-0.2, -0.15) is 0 Å². The SMILES string of the molecule is CS(=O)(=O)Nc1nc(CC(=O)NCC(O)c2ccccc2)cs1. The predicted octanol–water partition coefficient (Wildman–Crippen LogP) is 0.907. The molecule has 0 saturated carbocycles. The van der Waals surface area contributed by atoms with Gasteiger partial charge in [-0.3, -0.25) is 9.52 Å². The van der Waals surface area contributed by atoms with Crippen LogP contribution in [0.3, 0.4) is 0 Å². The number of rotatable bonds is 7. The number of aliphatic hydroxyl groups excluding tert-OH is 1. The summed E-state index contributed by atoms with van der Waals surface area (Å²) in [6.07, 6.45) is 0.271. The molecule has 0 aliphatic carbocycles. The van der Waals surface area contributed by atoms with Gasteiger partial charge in [-0.1, -0.05) is 30.3 Å². The van der Waals surface area contributed by atoms with Gasteiger partial charge < -0.3 is 10.4 Å². The van der Waals surface area contributed by atoms with Crippen molar-refractivity contribution in [2.24, 2.45) is 0 Å². The first-order valence-corrected chi connectivity index (χ1v) is 9.52. The number of amides is 1. The summed E-state index contributed by atoms with van der Waals surface area (Å²) >= 11 is 1.11. The quantitative estimate of drug-likeness (QED) is 0.684. The van der Waals surface area contributed by atoms with Gasteiger partial charge in [0.05, 0.1) is 24.5 Å². The first-order chi connectivity index (χ1) is 10.8. The van der Waals surface area contributed by atoms with E-state index in [4.69, 9.17) is 0 Å². The number of aromatic nitrogens is 1. The first-order valence-electron chi connectivity index (χ1n) is 6.75. The zero-order valence-electron chi connectivity index (χ0n) is 12.4. The van der Waals surface area contributed by atoms with Crippen LogP contribution in [0.2, 0.25) is 0 Å². The number of thiazole rings is 1. The summed E-state index contributed by atoms with van der Waals surface area (Å²) in [5, 5.41) is 14.4. The number of hydrogen-bond donors (Lipinski definition) is 3. The lowest BCUT2D eigenvalue weighted by atomic mass is 10.1. The van der Waals surface area contributed by atoms with Crippen LogP contribution in [-0.4, -0.2) is 37.2 Å². The summed E-state index contributed by atoms with van der Waals surface area (Å²) in [5.74, 6) is -0.295. The summed E-state index contributed by atoms with van der Waals surface area (Å²) in [6, 6.07) is 9.03. The molecule has 1 amide bonds. The number of carbonyl (C=O) groups excluding carboxylic acids is 1. The van der Waals surface area contributed by atoms with Gasteiger partial charge in [0.1, 0.15) is 0 Å². The summed E-state index contributed by atoms with van der Waals surface area (Å²) in [4.78, 5) is 15.9. The highest BCUT2D eigenvalue weighted by Gasteiger charge is 2.12. The van der Waals surface area contributed by atoms with Gasteiger partial charge in [0.2, 0.25) is 15.9 Å². The third-order valence-electron chi connectivity index (χ3n) is 2.84. The lowest BCUT2D eigenvalue weighted by Crippen LogP contribution is -2.29. The molecule has 1 heterocycles. The molecule has 1 unspecified atom stereocenters. The van der Waals surface area contributed by atoms with E-state index in [1.807, 2.05) is 18.2 Å². The van der Waals surface area contributed by atoms with Crippen LogP contribution < -0.4 is 10.0 Å². The Morgan fingerprint density at radius 1 is 1.35 bits per heavy atom. The van der Waals surface area contributed by atoms with Crippen molar-refractivity contribution in [3.63, 3.8) is 0 Å². The number of sulfonamides is 1. The van der Waals surface area contributed by atoms with Crippen molar-refractivity contribution in [3.05, 3.63) is 47.0 Å². The number of benzene rings is 1. The molecule has 1 aromatic heterocycles. The van der Waals surface area contributed by atoms with E-state index < -0.39 is 16.1 Å². The largest absolute Gasteiger partial charge is 0.387 e. The number of hydrogen-bond acceptors (Lipinski definition) is 6. The Morgan fingerprint density at radius 3 is 2.70 bits per heavy atom. The zero-order valence-corrected chi connectivity index (χ0v) is 14.0. The topological polar surface area (TPSA) is 108 Å². The minimum absolute atomic E-state index is 0.0173. The molecule has 0 radical (unpaired) electrons. The van der Waals surface area contributed by atoms with Crippen molar-refractivity contribution in [2.45, 2.75) is 12.5 Å². The molecule has 0 aliphatic rings. The average molecular weight is 355 g/mol. The molecule has 7 nitrogen and oxygen atoms in total. The van der Waals surface area contributed by atoms with Gasteiger partial charge in [0.25, 0.3) is 0 Å². The lowest BCUT2D eigenvalue weighted by molar-refractivity contribution is -0.120. The average Bonchev–Trinajstić information content (AvgIpc) is 2.90. The minimum Gasteiger partial charge on any atom is -0.387 e. The second-order valence-electron chi connectivity index (χ2n) is 4.93. The van der Waals surface area contributed by atoms with Crippen LogP contribution in [-0.2, 0) is 21.2 Å². The minimum atomic E-state index is -3.38. The second kappa shape index (κ2) is 7.53. The fourth-order valence-corrected chi connectivity index (χ4v) is 3.39. The van der Waals surface area contributed by atoms with E-state index >= 15 is 0 Å². The Bertz CT molecular complexity index is 759. The molecule has 23 heavy (non-hydrogen) atoms. The van der Waals surface area contributed by atoms with Gasteiger partial charge in [0.15, 0.2) is 5.13 Å². The van der Waals surface area contributed by atoms with E-state index in [1.165, 1.54) is 0 Å². The molecule has 2 rings (SSSR count). The monoisotopic (exact) mass is 355 g/mol. The summed E-state index contributed by atoms with van der Waals surface area (Å²) in [7, 11) is -3.38. The maximum atomic E-state index is 11.8. The highest BCUT2D eigenvalue weighted by atomic mass is 32.2. The van der Waals surface area contributed by atoms with Gasteiger partial charge >= 0.3 is 0 Å². The number of anilines is 1. The zero-order chi connectivity index (χ0) is 16.9. The molecule has 0 bridgehead atoms. The molecule has 0 fully saturated rings. The van der Waals surface area contributed by atoms with E-state index in [0.29, 0.717) is 5.69 Å². The lowest BCUT2D eigenvalue weighted by Gasteiger charge is -2.11. The van der Waals surface area contributed by atoms with E-state index in [2.05, 4.69) is 15.0 Å². The van der Waals surface area contributed by atoms with Gasteiger partial charge in [-0.25, -0.2) is 13.4 Å². The molecular weight excluding hydrogens is 338 g/mol. The van der Waals surface area contributed by atoms with Gasteiger partial charge in [0, 0.05) is 11.9 Å². The van der Waals surface area contributed by atoms with Crippen molar-refractivity contribution in [1.29, 1.82) is 0 Å². The Morgan fingerprint density at radius 2 is 2.04 bits per heavy atom. The molecule has 124 valence electrons. The van der Waals surface area contributed by atoms with Crippen LogP contribution in [0.4, 0.5) is 5.13 Å². The molecule has 2 aromatic rings. The third-order valence-corrected chi connectivity index (χ3v) is 4.34. The fourth-order valence-electron chi connectivity index (χ4n) is 1.82. The van der Waals surface area contributed by atoms with Crippen LogP contribution >= 0.6 is 11.3 Å². The molecule has 0 aliphatic heterocycles. The number of aliphatic hydroxyl groups is 1. The third kappa shape index (κ3) is 5.97. The Labute approximate surface area is 138 Å². The normalized spacial score (nSPS) is 12.6. The highest BCUT2D eigenvalue weighted by molar-refractivity contribution is 7.92. The summed E-state index contributed by atoms with van der Waals surface area (Å²) in [6.45, 7) is 0.0986. The molecule has 0 spiro atoms. The van der Waals surface area contributed by atoms with Crippen LogP contribution in [0.5, 0.6) is 0 Å². The first kappa shape index (κ1) is 17.4. The fraction of sp³-hybridized carbons (Fsp3) is 0.286. The van der Waals surface area contributed by atoms with Crippen molar-refractivity contribution in [1.82, 2.24) is 10.3 Å². The van der Waals surface area contributed by atoms with Crippen LogP contribution in [0.1, 0.15) is 17.4 Å². The Kier molecular flexibility index (Phi) is 5.69. The number of carbonyl (C=O) groups is 1.